The fourth-order valence-corrected chi connectivity index (χ4v) is 22.4. The largest absolute Gasteiger partial charge is 0.454 e. The molecule has 0 aliphatic carbocycles. The zero-order chi connectivity index (χ0) is 80.7. The maximum absolute atomic E-state index is 6.62. The van der Waals surface area contributed by atoms with Gasteiger partial charge in [-0.25, -0.2) is 0 Å². The third-order valence-electron chi connectivity index (χ3n) is 24.6. The van der Waals surface area contributed by atoms with E-state index in [4.69, 9.17) is 13.3 Å². The Bertz CT molecular complexity index is 8890. The molecule has 0 N–H and O–H groups in total. The van der Waals surface area contributed by atoms with Crippen molar-refractivity contribution >= 4 is 193 Å². The standard InChI is InChI=1S/3C38H23NOS/c1-2-12-27(13-3-1)39-33-18-6-4-15-31(33)37-36(39)32-21-20-25(23-34(32)40-37)24-10-8-11-26(22-24)28-16-9-17-30-29-14-5-7-19-35(29)41-38(28)30;1-2-11-28(12-3-1)39-33-15-6-4-14-31(33)38-37(39)32-20-18-26(22-34(32)40-38)24-9-8-10-25(21-24)27-17-19-30-29-13-5-7-16-35(29)41-36(30)23-27;1-2-11-28(12-3-1)39-33-15-6-4-14-30(33)38-37(39)31-19-17-27(23-34(31)40-38)25-10-8-9-24(21-25)26-18-20-36-32(22-26)29-13-5-7-16-35(29)41-36/h3*1-23H. The van der Waals surface area contributed by atoms with Gasteiger partial charge in [0.05, 0.1) is 16.6 Å². The molecule has 0 aliphatic rings. The molecular weight excluding hydrogens is 1560 g/mol. The molecule has 0 unspecified atom stereocenters. The number of thiophene rings is 3. The van der Waals surface area contributed by atoms with Crippen LogP contribution in [-0.2, 0) is 0 Å². The molecule has 18 aromatic carbocycles. The maximum atomic E-state index is 6.62. The van der Waals surface area contributed by atoms with Crippen LogP contribution in [-0.4, -0.2) is 13.7 Å². The molecule has 0 saturated heterocycles. The lowest BCUT2D eigenvalue weighted by atomic mass is 9.97. The number of rotatable bonds is 9. The van der Waals surface area contributed by atoms with Crippen LogP contribution < -0.4 is 0 Å². The number of aromatic nitrogens is 3. The zero-order valence-corrected chi connectivity index (χ0v) is 68.6. The summed E-state index contributed by atoms with van der Waals surface area (Å²) in [4.78, 5) is 0. The molecule has 0 atom stereocenters. The van der Waals surface area contributed by atoms with Gasteiger partial charge >= 0.3 is 0 Å². The highest BCUT2D eigenvalue weighted by Crippen LogP contribution is 2.48. The molecule has 27 rings (SSSR count). The quantitative estimate of drug-likeness (QED) is 0.145. The average Bonchev–Trinajstić information content (AvgIpc) is 1.57. The topological polar surface area (TPSA) is 54.2 Å². The van der Waals surface area contributed by atoms with E-state index in [0.717, 1.165) is 133 Å². The van der Waals surface area contributed by atoms with Crippen LogP contribution in [0.15, 0.2) is 432 Å². The van der Waals surface area contributed by atoms with Crippen LogP contribution in [0.3, 0.4) is 0 Å². The van der Waals surface area contributed by atoms with Crippen LogP contribution in [0.4, 0.5) is 0 Å². The molecule has 0 saturated carbocycles. The highest BCUT2D eigenvalue weighted by Gasteiger charge is 2.25. The molecule has 123 heavy (non-hydrogen) atoms. The summed E-state index contributed by atoms with van der Waals surface area (Å²) in [5.41, 5.74) is 30.1. The normalized spacial score (nSPS) is 11.9. The molecule has 0 aliphatic heterocycles. The summed E-state index contributed by atoms with van der Waals surface area (Å²) in [5.74, 6) is 0. The van der Waals surface area contributed by atoms with Crippen LogP contribution in [0.2, 0.25) is 0 Å². The van der Waals surface area contributed by atoms with Crippen LogP contribution in [0, 0.1) is 0 Å². The van der Waals surface area contributed by atoms with Gasteiger partial charge in [-0.05, 0) is 231 Å². The minimum atomic E-state index is 0.902. The van der Waals surface area contributed by atoms with E-state index in [0.29, 0.717) is 0 Å². The van der Waals surface area contributed by atoms with E-state index in [2.05, 4.69) is 432 Å². The molecule has 0 bridgehead atoms. The van der Waals surface area contributed by atoms with Gasteiger partial charge < -0.3 is 27.0 Å². The van der Waals surface area contributed by atoms with E-state index in [-0.39, 0.29) is 0 Å². The lowest BCUT2D eigenvalue weighted by Crippen LogP contribution is -1.92. The fraction of sp³-hybridized carbons (Fsp3) is 0. The minimum Gasteiger partial charge on any atom is -0.454 e. The maximum Gasteiger partial charge on any atom is 0.161 e. The van der Waals surface area contributed by atoms with E-state index in [1.807, 2.05) is 34.0 Å². The number of benzene rings is 18. The molecule has 27 aromatic rings. The first kappa shape index (κ1) is 70.6. The van der Waals surface area contributed by atoms with E-state index in [1.54, 1.807) is 0 Å². The number of para-hydroxylation sites is 6. The lowest BCUT2D eigenvalue weighted by molar-refractivity contribution is 0.672. The first-order valence-electron chi connectivity index (χ1n) is 41.6. The number of nitrogens with zero attached hydrogens (tertiary/aromatic N) is 3. The summed E-state index contributed by atoms with van der Waals surface area (Å²) < 4.78 is 34.8. The van der Waals surface area contributed by atoms with Gasteiger partial charge in [-0.2, -0.15) is 0 Å². The SMILES string of the molecule is c1ccc(-n2c3ccccc3c3oc4cc(-c5cccc(-c6ccc7c(c6)sc6ccccc67)c5)ccc4c32)cc1.c1ccc(-n2c3ccccc3c3oc4cc(-c5cccc(-c6ccc7sc8ccccc8c7c6)c5)ccc4c32)cc1.c1ccc(-n2c3ccccc3c3oc4cc(-c5cccc(-c6cccc7c6sc6ccccc67)c5)ccc4c32)cc1. The number of furan rings is 3. The Morgan fingerprint density at radius 2 is 0.463 bits per heavy atom. The van der Waals surface area contributed by atoms with Crippen molar-refractivity contribution in [3.05, 3.63) is 419 Å². The van der Waals surface area contributed by atoms with Crippen molar-refractivity contribution in [1.29, 1.82) is 0 Å². The average molecular weight is 1630 g/mol. The van der Waals surface area contributed by atoms with Crippen molar-refractivity contribution < 1.29 is 13.3 Å². The summed E-state index contributed by atoms with van der Waals surface area (Å²) in [5, 5.41) is 14.7. The van der Waals surface area contributed by atoms with Crippen LogP contribution >= 0.6 is 34.0 Å². The summed E-state index contributed by atoms with van der Waals surface area (Å²) >= 11 is 5.59. The first-order chi connectivity index (χ1) is 61.0. The third kappa shape index (κ3) is 11.7. The van der Waals surface area contributed by atoms with Crippen LogP contribution in [0.25, 0.3) is 243 Å². The fourth-order valence-electron chi connectivity index (χ4n) is 18.9. The second-order valence-electron chi connectivity index (χ2n) is 31.7. The Kier molecular flexibility index (Phi) is 16.5. The number of fused-ring (bicyclic) bond motifs is 24. The van der Waals surface area contributed by atoms with E-state index >= 15 is 0 Å². The van der Waals surface area contributed by atoms with Gasteiger partial charge in [-0.15, -0.1) is 34.0 Å². The first-order valence-corrected chi connectivity index (χ1v) is 44.0. The van der Waals surface area contributed by atoms with Gasteiger partial charge in [0.1, 0.15) is 33.3 Å². The predicted molar refractivity (Wildman–Crippen MR) is 523 cm³/mol. The Balaban J connectivity index is 0.000000101. The molecule has 9 aromatic heterocycles. The second-order valence-corrected chi connectivity index (χ2v) is 34.9. The smallest absolute Gasteiger partial charge is 0.161 e. The second kappa shape index (κ2) is 28.7. The summed E-state index contributed by atoms with van der Waals surface area (Å²) in [7, 11) is 0. The monoisotopic (exact) mass is 1620 g/mol. The molecule has 9 heteroatoms. The third-order valence-corrected chi connectivity index (χ3v) is 28.1. The van der Waals surface area contributed by atoms with E-state index < -0.39 is 0 Å². The van der Waals surface area contributed by atoms with Crippen LogP contribution in [0.1, 0.15) is 0 Å². The highest BCUT2D eigenvalue weighted by atomic mass is 32.1. The van der Waals surface area contributed by atoms with Crippen molar-refractivity contribution in [2.75, 3.05) is 0 Å². The predicted octanol–water partition coefficient (Wildman–Crippen LogP) is 33.7. The Labute approximate surface area is 717 Å². The van der Waals surface area contributed by atoms with Gasteiger partial charge in [0.25, 0.3) is 0 Å². The molecule has 0 spiro atoms. The molecule has 0 radical (unpaired) electrons. The molecule has 9 heterocycles. The van der Waals surface area contributed by atoms with Crippen molar-refractivity contribution in [2.24, 2.45) is 0 Å². The van der Waals surface area contributed by atoms with Gasteiger partial charge in [-0.3, -0.25) is 0 Å². The molecule has 6 nitrogen and oxygen atoms in total. The molecule has 0 fully saturated rings. The van der Waals surface area contributed by atoms with Gasteiger partial charge in [0.2, 0.25) is 0 Å². The Morgan fingerprint density at radius 3 is 0.911 bits per heavy atom. The molecule has 0 amide bonds. The Hall–Kier alpha value is -15.4. The summed E-state index contributed by atoms with van der Waals surface area (Å²) in [6, 6.07) is 150. The number of hydrogen-bond donors (Lipinski definition) is 0. The van der Waals surface area contributed by atoms with E-state index in [9.17, 15) is 0 Å². The molecule has 576 valence electrons. The number of hydrogen-bond acceptors (Lipinski definition) is 6. The summed E-state index contributed by atoms with van der Waals surface area (Å²) in [6.45, 7) is 0. The van der Waals surface area contributed by atoms with Crippen LogP contribution in [0.5, 0.6) is 0 Å². The van der Waals surface area contributed by atoms with Crippen molar-refractivity contribution in [3.63, 3.8) is 0 Å². The van der Waals surface area contributed by atoms with Crippen molar-refractivity contribution in [2.45, 2.75) is 0 Å². The van der Waals surface area contributed by atoms with Gasteiger partial charge in [0, 0.05) is 110 Å². The summed E-state index contributed by atoms with van der Waals surface area (Å²) in [6.07, 6.45) is 0. The van der Waals surface area contributed by atoms with Gasteiger partial charge in [0.15, 0.2) is 16.7 Å². The van der Waals surface area contributed by atoms with Gasteiger partial charge in [-0.1, -0.05) is 255 Å². The van der Waals surface area contributed by atoms with Crippen molar-refractivity contribution in [3.8, 4) is 83.8 Å². The minimum absolute atomic E-state index is 0.902. The van der Waals surface area contributed by atoms with E-state index in [1.165, 1.54) is 111 Å². The highest BCUT2D eigenvalue weighted by molar-refractivity contribution is 7.27. The zero-order valence-electron chi connectivity index (χ0n) is 66.1. The Morgan fingerprint density at radius 1 is 0.171 bits per heavy atom. The lowest BCUT2D eigenvalue weighted by Gasteiger charge is -2.09. The molecular formula is C114H69N3O3S3. The van der Waals surface area contributed by atoms with Crippen molar-refractivity contribution in [1.82, 2.24) is 13.7 Å².